The van der Waals surface area contributed by atoms with Gasteiger partial charge in [0.1, 0.15) is 6.10 Å². The summed E-state index contributed by atoms with van der Waals surface area (Å²) in [5.41, 5.74) is 0.532. The molecule has 0 aliphatic carbocycles. The molecule has 7 atom stereocenters. The van der Waals surface area contributed by atoms with Crippen LogP contribution in [0, 0.1) is 0 Å². The van der Waals surface area contributed by atoms with Crippen LogP contribution in [0.2, 0.25) is 0 Å². The zero-order valence-corrected chi connectivity index (χ0v) is 27.4. The number of carbonyl (C=O) groups excluding carboxylic acids is 1. The highest BCUT2D eigenvalue weighted by atomic mass is 16.5. The van der Waals surface area contributed by atoms with E-state index in [0.29, 0.717) is 50.5 Å². The molecule has 0 radical (unpaired) electrons. The Balaban J connectivity index is 1.98. The number of rotatable bonds is 29. The number of aliphatic hydroxyl groups is 6. The quantitative estimate of drug-likeness (QED) is 0.0443. The average molecular weight is 615 g/mol. The van der Waals surface area contributed by atoms with Crippen LogP contribution in [0.25, 0.3) is 0 Å². The van der Waals surface area contributed by atoms with E-state index in [1.165, 1.54) is 51.4 Å². The summed E-state index contributed by atoms with van der Waals surface area (Å²) in [5, 5.41) is 61.5. The lowest BCUT2D eigenvalue weighted by molar-refractivity contribution is -0.139. The van der Waals surface area contributed by atoms with Crippen molar-refractivity contribution in [1.82, 2.24) is 0 Å². The highest BCUT2D eigenvalue weighted by Crippen LogP contribution is 2.21. The van der Waals surface area contributed by atoms with Gasteiger partial charge in [-0.2, -0.15) is 0 Å². The maximum Gasteiger partial charge on any atom is 0.334 e. The Morgan fingerprint density at radius 3 is 1.42 bits per heavy atom. The van der Waals surface area contributed by atoms with E-state index in [0.717, 1.165) is 38.5 Å². The van der Waals surface area contributed by atoms with Crippen molar-refractivity contribution in [1.29, 1.82) is 0 Å². The van der Waals surface area contributed by atoms with Gasteiger partial charge in [0, 0.05) is 12.0 Å². The van der Waals surface area contributed by atoms with Crippen molar-refractivity contribution in [2.75, 3.05) is 0 Å². The Hall–Kier alpha value is -1.03. The first-order chi connectivity index (χ1) is 20.6. The van der Waals surface area contributed by atoms with Gasteiger partial charge in [-0.15, -0.1) is 0 Å². The molecule has 1 aliphatic rings. The molecule has 0 fully saturated rings. The molecule has 0 saturated heterocycles. The lowest BCUT2D eigenvalue weighted by Gasteiger charge is -2.22. The molecule has 6 N–H and O–H groups in total. The van der Waals surface area contributed by atoms with Gasteiger partial charge < -0.3 is 35.4 Å². The molecular weight excluding hydrogens is 548 g/mol. The fourth-order valence-corrected chi connectivity index (χ4v) is 5.91. The summed E-state index contributed by atoms with van der Waals surface area (Å²) in [6.45, 7) is 4.02. The maximum atomic E-state index is 11.6. The van der Waals surface area contributed by atoms with Crippen LogP contribution < -0.4 is 0 Å². The lowest BCUT2D eigenvalue weighted by atomic mass is 9.96. The molecule has 0 aromatic rings. The second-order valence-corrected chi connectivity index (χ2v) is 13.1. The van der Waals surface area contributed by atoms with Gasteiger partial charge >= 0.3 is 5.97 Å². The molecule has 0 spiro atoms. The smallest absolute Gasteiger partial charge is 0.334 e. The average Bonchev–Trinajstić information content (AvgIpc) is 3.29. The lowest BCUT2D eigenvalue weighted by Crippen LogP contribution is -2.31. The van der Waals surface area contributed by atoms with Crippen molar-refractivity contribution < 1.29 is 40.2 Å². The maximum absolute atomic E-state index is 11.6. The second kappa shape index (κ2) is 25.2. The number of ether oxygens (including phenoxy) is 1. The molecule has 0 bridgehead atoms. The third-order valence-electron chi connectivity index (χ3n) is 8.81. The molecule has 0 unspecified atom stereocenters. The first-order valence-corrected chi connectivity index (χ1v) is 17.6. The Kier molecular flexibility index (Phi) is 23.4. The number of aliphatic hydroxyl groups excluding tert-OH is 6. The molecule has 1 aliphatic heterocycles. The zero-order valence-electron chi connectivity index (χ0n) is 27.4. The SMILES string of the molecule is CCCCCCCCCCCC[C@@H](O)[C@@H](O)CC[C@H](O)[C@H](O)CCCCCC[C@H](O)CCC[C@@H](O)CC1=C[C@H](C)OC1=O. The van der Waals surface area contributed by atoms with E-state index in [-0.39, 0.29) is 24.9 Å². The number of hydrogen-bond donors (Lipinski definition) is 6. The van der Waals surface area contributed by atoms with Crippen molar-refractivity contribution in [2.24, 2.45) is 0 Å². The molecule has 8 heteroatoms. The summed E-state index contributed by atoms with van der Waals surface area (Å²) in [4.78, 5) is 11.6. The molecule has 0 saturated carbocycles. The number of carbonyl (C=O) groups is 1. The van der Waals surface area contributed by atoms with Crippen LogP contribution in [0.15, 0.2) is 11.6 Å². The third kappa shape index (κ3) is 20.6. The predicted octanol–water partition coefficient (Wildman–Crippen LogP) is 6.02. The minimum atomic E-state index is -0.907. The summed E-state index contributed by atoms with van der Waals surface area (Å²) in [6.07, 6.45) is 17.3. The van der Waals surface area contributed by atoms with Crippen molar-refractivity contribution in [3.05, 3.63) is 11.6 Å². The van der Waals surface area contributed by atoms with Crippen LogP contribution in [0.1, 0.15) is 162 Å². The topological polar surface area (TPSA) is 148 Å². The molecule has 0 aromatic carbocycles. The van der Waals surface area contributed by atoms with Crippen LogP contribution in [0.3, 0.4) is 0 Å². The van der Waals surface area contributed by atoms with Crippen molar-refractivity contribution >= 4 is 5.97 Å². The van der Waals surface area contributed by atoms with Gasteiger partial charge in [0.05, 0.1) is 36.6 Å². The fourth-order valence-electron chi connectivity index (χ4n) is 5.91. The number of hydrogen-bond acceptors (Lipinski definition) is 8. The standard InChI is InChI=1S/C35H66O8/c1-3-4-5-6-7-8-9-10-11-15-21-31(38)33(40)23-24-34(41)32(39)22-16-13-12-14-18-29(36)19-17-20-30(37)26-28-25-27(2)43-35(28)42/h25,27,29-34,36-41H,3-24,26H2,1-2H3/t27-,29-,30+,31+,32+,33-,34-/m0/s1. The Morgan fingerprint density at radius 2 is 0.953 bits per heavy atom. The van der Waals surface area contributed by atoms with Crippen LogP contribution in [-0.4, -0.2) is 79.3 Å². The van der Waals surface area contributed by atoms with Gasteiger partial charge in [0.25, 0.3) is 0 Å². The van der Waals surface area contributed by atoms with E-state index < -0.39 is 36.6 Å². The van der Waals surface area contributed by atoms with Gasteiger partial charge in [-0.3, -0.25) is 0 Å². The summed E-state index contributed by atoms with van der Waals surface area (Å²) >= 11 is 0. The molecule has 0 amide bonds. The molecule has 1 heterocycles. The molecule has 0 aromatic heterocycles. The van der Waals surface area contributed by atoms with Crippen molar-refractivity contribution in [2.45, 2.75) is 204 Å². The predicted molar refractivity (Wildman–Crippen MR) is 172 cm³/mol. The van der Waals surface area contributed by atoms with Gasteiger partial charge in [0.15, 0.2) is 0 Å². The van der Waals surface area contributed by atoms with E-state index in [4.69, 9.17) is 4.74 Å². The molecule has 43 heavy (non-hydrogen) atoms. The monoisotopic (exact) mass is 614 g/mol. The highest BCUT2D eigenvalue weighted by Gasteiger charge is 2.24. The second-order valence-electron chi connectivity index (χ2n) is 13.1. The third-order valence-corrected chi connectivity index (χ3v) is 8.81. The van der Waals surface area contributed by atoms with Gasteiger partial charge in [-0.05, 0) is 64.4 Å². The fraction of sp³-hybridized carbons (Fsp3) is 0.914. The first kappa shape index (κ1) is 40.0. The van der Waals surface area contributed by atoms with E-state index in [9.17, 15) is 35.4 Å². The summed E-state index contributed by atoms with van der Waals surface area (Å²) < 4.78 is 5.04. The van der Waals surface area contributed by atoms with E-state index in [2.05, 4.69) is 6.92 Å². The number of unbranched alkanes of at least 4 members (excludes halogenated alkanes) is 12. The zero-order chi connectivity index (χ0) is 31.9. The molecule has 8 nitrogen and oxygen atoms in total. The van der Waals surface area contributed by atoms with E-state index >= 15 is 0 Å². The van der Waals surface area contributed by atoms with Crippen molar-refractivity contribution in [3.8, 4) is 0 Å². The Bertz CT molecular complexity index is 714. The minimum Gasteiger partial charge on any atom is -0.455 e. The van der Waals surface area contributed by atoms with E-state index in [1.807, 2.05) is 0 Å². The highest BCUT2D eigenvalue weighted by molar-refractivity contribution is 5.90. The largest absolute Gasteiger partial charge is 0.455 e. The first-order valence-electron chi connectivity index (χ1n) is 17.6. The van der Waals surface area contributed by atoms with Gasteiger partial charge in [0.2, 0.25) is 0 Å². The van der Waals surface area contributed by atoms with Crippen LogP contribution in [0.5, 0.6) is 0 Å². The Morgan fingerprint density at radius 1 is 0.558 bits per heavy atom. The number of esters is 1. The van der Waals surface area contributed by atoms with E-state index in [1.54, 1.807) is 13.0 Å². The van der Waals surface area contributed by atoms with Crippen LogP contribution in [-0.2, 0) is 9.53 Å². The van der Waals surface area contributed by atoms with Crippen LogP contribution >= 0.6 is 0 Å². The molecular formula is C35H66O8. The Labute approximate surface area is 261 Å². The van der Waals surface area contributed by atoms with Crippen LogP contribution in [0.4, 0.5) is 0 Å². The normalized spacial score (nSPS) is 19.5. The molecule has 254 valence electrons. The number of cyclic esters (lactones) is 1. The van der Waals surface area contributed by atoms with Crippen molar-refractivity contribution in [3.63, 3.8) is 0 Å². The summed E-state index contributed by atoms with van der Waals surface area (Å²) in [7, 11) is 0. The molecule has 1 rings (SSSR count). The summed E-state index contributed by atoms with van der Waals surface area (Å²) in [6, 6.07) is 0. The summed E-state index contributed by atoms with van der Waals surface area (Å²) in [5.74, 6) is -0.350. The van der Waals surface area contributed by atoms with Gasteiger partial charge in [-0.1, -0.05) is 96.8 Å². The van der Waals surface area contributed by atoms with Gasteiger partial charge in [-0.25, -0.2) is 4.79 Å². The minimum absolute atomic E-state index is 0.229.